The molecule has 1 aromatic heterocycles. The minimum atomic E-state index is -0.533. The third-order valence-electron chi connectivity index (χ3n) is 3.71. The third kappa shape index (κ3) is 3.30. The van der Waals surface area contributed by atoms with Gasteiger partial charge in [0.25, 0.3) is 5.91 Å². The first-order chi connectivity index (χ1) is 11.6. The van der Waals surface area contributed by atoms with E-state index in [0.29, 0.717) is 16.9 Å². The molecule has 2 aromatic rings. The van der Waals surface area contributed by atoms with Crippen LogP contribution in [0.25, 0.3) is 0 Å². The summed E-state index contributed by atoms with van der Waals surface area (Å²) in [5.74, 6) is -1.05. The molecule has 0 spiro atoms. The van der Waals surface area contributed by atoms with Crippen molar-refractivity contribution in [3.05, 3.63) is 46.7 Å². The summed E-state index contributed by atoms with van der Waals surface area (Å²) in [5.41, 5.74) is 1.60. The highest BCUT2D eigenvalue weighted by Gasteiger charge is 2.30. The van der Waals surface area contributed by atoms with Crippen molar-refractivity contribution in [2.45, 2.75) is 19.4 Å². The lowest BCUT2D eigenvalue weighted by Gasteiger charge is -2.27. The van der Waals surface area contributed by atoms with E-state index in [-0.39, 0.29) is 30.9 Å². The number of fused-ring (bicyclic) bond motifs is 1. The number of thiophene rings is 1. The van der Waals surface area contributed by atoms with Crippen LogP contribution in [-0.4, -0.2) is 30.4 Å². The molecule has 1 aliphatic rings. The predicted molar refractivity (Wildman–Crippen MR) is 91.2 cm³/mol. The van der Waals surface area contributed by atoms with E-state index in [2.05, 4.69) is 5.32 Å². The second kappa shape index (κ2) is 6.84. The van der Waals surface area contributed by atoms with Crippen LogP contribution in [0.4, 0.5) is 11.4 Å². The lowest BCUT2D eigenvalue weighted by Crippen LogP contribution is -2.41. The molecule has 1 aliphatic heterocycles. The van der Waals surface area contributed by atoms with Gasteiger partial charge in [0, 0.05) is 17.8 Å². The van der Waals surface area contributed by atoms with Crippen LogP contribution in [0, 0.1) is 0 Å². The molecule has 1 atom stereocenters. The molecule has 0 radical (unpaired) electrons. The van der Waals surface area contributed by atoms with Crippen molar-refractivity contribution in [1.82, 2.24) is 0 Å². The van der Waals surface area contributed by atoms with E-state index < -0.39 is 5.97 Å². The predicted octanol–water partition coefficient (Wildman–Crippen LogP) is 2.67. The van der Waals surface area contributed by atoms with Crippen LogP contribution in [0.2, 0.25) is 0 Å². The first-order valence-corrected chi connectivity index (χ1v) is 8.41. The topological polar surface area (TPSA) is 75.7 Å². The second-order valence-electron chi connectivity index (χ2n) is 5.47. The molecular formula is C17H16N2O4S. The fourth-order valence-corrected chi connectivity index (χ4v) is 3.25. The van der Waals surface area contributed by atoms with Gasteiger partial charge >= 0.3 is 5.97 Å². The number of amides is 2. The zero-order valence-electron chi connectivity index (χ0n) is 13.0. The second-order valence-corrected chi connectivity index (χ2v) is 6.25. The van der Waals surface area contributed by atoms with Gasteiger partial charge < -0.3 is 15.0 Å². The Bertz CT molecular complexity index is 773. The molecule has 0 fully saturated rings. The number of esters is 1. The summed E-state index contributed by atoms with van der Waals surface area (Å²) in [6.07, 6.45) is 0.179. The zero-order valence-corrected chi connectivity index (χ0v) is 13.8. The number of benzene rings is 1. The van der Waals surface area contributed by atoms with Crippen LogP contribution in [0.15, 0.2) is 41.1 Å². The summed E-state index contributed by atoms with van der Waals surface area (Å²) >= 11 is 1.38. The third-order valence-corrected chi connectivity index (χ3v) is 4.39. The van der Waals surface area contributed by atoms with Crippen molar-refractivity contribution in [2.75, 3.05) is 16.8 Å². The first-order valence-electron chi connectivity index (χ1n) is 7.46. The van der Waals surface area contributed by atoms with Crippen LogP contribution < -0.4 is 10.2 Å². The van der Waals surface area contributed by atoms with E-state index in [1.807, 2.05) is 0 Å². The highest BCUT2D eigenvalue weighted by Crippen LogP contribution is 2.31. The summed E-state index contributed by atoms with van der Waals surface area (Å²) in [6, 6.07) is 8.39. The molecule has 0 saturated heterocycles. The van der Waals surface area contributed by atoms with E-state index in [1.54, 1.807) is 48.0 Å². The van der Waals surface area contributed by atoms with E-state index in [4.69, 9.17) is 4.74 Å². The van der Waals surface area contributed by atoms with E-state index in [0.717, 1.165) is 0 Å². The van der Waals surface area contributed by atoms with Gasteiger partial charge in [-0.1, -0.05) is 12.1 Å². The van der Waals surface area contributed by atoms with Crippen LogP contribution in [-0.2, 0) is 14.3 Å². The van der Waals surface area contributed by atoms with Crippen molar-refractivity contribution in [3.63, 3.8) is 0 Å². The van der Waals surface area contributed by atoms with Gasteiger partial charge in [-0.15, -0.1) is 0 Å². The van der Waals surface area contributed by atoms with Crippen LogP contribution in [0.1, 0.15) is 23.7 Å². The number of hydrogen-bond donors (Lipinski definition) is 1. The highest BCUT2D eigenvalue weighted by atomic mass is 32.1. The molecule has 3 rings (SSSR count). The molecule has 1 aromatic carbocycles. The quantitative estimate of drug-likeness (QED) is 0.869. The maximum atomic E-state index is 12.6. The normalized spacial score (nSPS) is 16.8. The van der Waals surface area contributed by atoms with Gasteiger partial charge in [-0.05, 0) is 30.5 Å². The summed E-state index contributed by atoms with van der Waals surface area (Å²) in [5, 5.41) is 6.22. The van der Waals surface area contributed by atoms with Crippen molar-refractivity contribution in [3.8, 4) is 0 Å². The number of carbonyl (C=O) groups excluding carboxylic acids is 3. The van der Waals surface area contributed by atoms with Gasteiger partial charge in [0.05, 0.1) is 16.9 Å². The molecule has 1 N–H and O–H groups in total. The lowest BCUT2D eigenvalue weighted by atomic mass is 10.1. The van der Waals surface area contributed by atoms with E-state index in [9.17, 15) is 14.4 Å². The minimum Gasteiger partial charge on any atom is -0.452 e. The fourth-order valence-electron chi connectivity index (χ4n) is 2.63. The smallest absolute Gasteiger partial charge is 0.339 e. The van der Waals surface area contributed by atoms with Crippen LogP contribution >= 0.6 is 11.3 Å². The van der Waals surface area contributed by atoms with Gasteiger partial charge in [0.1, 0.15) is 0 Å². The molecule has 0 bridgehead atoms. The van der Waals surface area contributed by atoms with Crippen LogP contribution in [0.5, 0.6) is 0 Å². The molecule has 0 aliphatic carbocycles. The molecule has 24 heavy (non-hydrogen) atoms. The number of para-hydroxylation sites is 2. The summed E-state index contributed by atoms with van der Waals surface area (Å²) in [7, 11) is 0. The Morgan fingerprint density at radius 2 is 2.12 bits per heavy atom. The molecule has 0 saturated carbocycles. The van der Waals surface area contributed by atoms with Gasteiger partial charge in [0.2, 0.25) is 5.91 Å². The molecule has 124 valence electrons. The Balaban J connectivity index is 1.78. The summed E-state index contributed by atoms with van der Waals surface area (Å²) < 4.78 is 5.10. The van der Waals surface area contributed by atoms with Crippen molar-refractivity contribution in [1.29, 1.82) is 0 Å². The van der Waals surface area contributed by atoms with E-state index >= 15 is 0 Å². The van der Waals surface area contributed by atoms with Gasteiger partial charge in [-0.25, -0.2) is 4.79 Å². The van der Waals surface area contributed by atoms with Gasteiger partial charge in [-0.2, -0.15) is 11.3 Å². The number of ether oxygens (including phenoxy) is 1. The molecule has 2 heterocycles. The average Bonchev–Trinajstić information content (AvgIpc) is 3.04. The maximum absolute atomic E-state index is 12.6. The number of carbonyl (C=O) groups is 3. The Morgan fingerprint density at radius 1 is 1.33 bits per heavy atom. The zero-order chi connectivity index (χ0) is 17.1. The Kier molecular flexibility index (Phi) is 4.61. The SMILES string of the molecule is C[C@@H]1CC(=O)Nc2ccccc2N1C(=O)COC(=O)c1ccsc1. The van der Waals surface area contributed by atoms with Crippen molar-refractivity contribution < 1.29 is 19.1 Å². The number of hydrogen-bond acceptors (Lipinski definition) is 5. The van der Waals surface area contributed by atoms with Crippen molar-refractivity contribution in [2.24, 2.45) is 0 Å². The molecule has 0 unspecified atom stereocenters. The summed E-state index contributed by atoms with van der Waals surface area (Å²) in [4.78, 5) is 37.9. The summed E-state index contributed by atoms with van der Waals surface area (Å²) in [6.45, 7) is 1.42. The fraction of sp³-hybridized carbons (Fsp3) is 0.235. The first kappa shape index (κ1) is 16.2. The van der Waals surface area contributed by atoms with Gasteiger partial charge in [0.15, 0.2) is 6.61 Å². The molecule has 6 nitrogen and oxygen atoms in total. The Labute approximate surface area is 143 Å². The highest BCUT2D eigenvalue weighted by molar-refractivity contribution is 7.08. The number of rotatable bonds is 3. The lowest BCUT2D eigenvalue weighted by molar-refractivity contribution is -0.122. The molecule has 7 heteroatoms. The Morgan fingerprint density at radius 3 is 2.88 bits per heavy atom. The van der Waals surface area contributed by atoms with Gasteiger partial charge in [-0.3, -0.25) is 9.59 Å². The number of nitrogens with one attached hydrogen (secondary N) is 1. The monoisotopic (exact) mass is 344 g/mol. The van der Waals surface area contributed by atoms with Crippen LogP contribution in [0.3, 0.4) is 0 Å². The average molecular weight is 344 g/mol. The molecular weight excluding hydrogens is 328 g/mol. The standard InChI is InChI=1S/C17H16N2O4S/c1-11-8-15(20)18-13-4-2-3-5-14(13)19(11)16(21)9-23-17(22)12-6-7-24-10-12/h2-7,10-11H,8-9H2,1H3,(H,18,20)/t11-/m1/s1. The van der Waals surface area contributed by atoms with Crippen molar-refractivity contribution >= 4 is 40.5 Å². The number of anilines is 2. The number of nitrogens with zero attached hydrogens (tertiary/aromatic N) is 1. The minimum absolute atomic E-state index is 0.152. The molecule has 2 amide bonds. The van der Waals surface area contributed by atoms with E-state index in [1.165, 1.54) is 16.2 Å². The maximum Gasteiger partial charge on any atom is 0.339 e. The largest absolute Gasteiger partial charge is 0.452 e. The Hall–Kier alpha value is -2.67.